The van der Waals surface area contributed by atoms with E-state index in [1.54, 1.807) is 18.3 Å². The number of esters is 1. The molecule has 0 spiro atoms. The molecule has 1 unspecified atom stereocenters. The van der Waals surface area contributed by atoms with Crippen LogP contribution in [0.25, 0.3) is 0 Å². The fourth-order valence-corrected chi connectivity index (χ4v) is 3.58. The summed E-state index contributed by atoms with van der Waals surface area (Å²) < 4.78 is 10.4. The highest BCUT2D eigenvalue weighted by molar-refractivity contribution is 6.12. The van der Waals surface area contributed by atoms with Crippen LogP contribution in [-0.2, 0) is 19.1 Å². The van der Waals surface area contributed by atoms with Gasteiger partial charge in [0.1, 0.15) is 5.92 Å². The molecule has 1 fully saturated rings. The molecule has 6 nitrogen and oxygen atoms in total. The van der Waals surface area contributed by atoms with Crippen molar-refractivity contribution in [2.75, 3.05) is 7.11 Å². The van der Waals surface area contributed by atoms with E-state index in [0.717, 1.165) is 31.3 Å². The Morgan fingerprint density at radius 3 is 2.47 bits per heavy atom. The Bertz CT molecular complexity index is 869. The number of carbonyl (C=O) groups is 3. The highest BCUT2D eigenvalue weighted by Gasteiger charge is 2.46. The van der Waals surface area contributed by atoms with Gasteiger partial charge < -0.3 is 9.47 Å². The van der Waals surface area contributed by atoms with Gasteiger partial charge in [-0.3, -0.25) is 19.4 Å². The number of allylic oxidation sites excluding steroid dienone is 4. The molecule has 0 aliphatic carbocycles. The first-order valence-electron chi connectivity index (χ1n) is 11.2. The molecular formula is C26H35NO5. The molecule has 32 heavy (non-hydrogen) atoms. The minimum Gasteiger partial charge on any atom is -0.468 e. The maximum absolute atomic E-state index is 12.6. The smallest absolute Gasteiger partial charge is 0.316 e. The van der Waals surface area contributed by atoms with Gasteiger partial charge in [-0.05, 0) is 71.9 Å². The number of rotatable bonds is 13. The second kappa shape index (κ2) is 11.9. The fourth-order valence-electron chi connectivity index (χ4n) is 3.58. The zero-order chi connectivity index (χ0) is 23.7. The van der Waals surface area contributed by atoms with Crippen molar-refractivity contribution >= 4 is 17.5 Å². The topological polar surface area (TPSA) is 85.9 Å². The molecular weight excluding hydrogens is 406 g/mol. The predicted octanol–water partition coefficient (Wildman–Crippen LogP) is 5.03. The number of Topliss-reactive ketones (excluding diaryl/α,β-unsaturated/α-hetero) is 2. The van der Waals surface area contributed by atoms with Gasteiger partial charge in [-0.25, -0.2) is 0 Å². The van der Waals surface area contributed by atoms with E-state index in [4.69, 9.17) is 9.47 Å². The van der Waals surface area contributed by atoms with Gasteiger partial charge in [-0.1, -0.05) is 23.3 Å². The number of ketones is 2. The monoisotopic (exact) mass is 441 g/mol. The van der Waals surface area contributed by atoms with Crippen molar-refractivity contribution in [3.8, 4) is 0 Å². The number of hydrogen-bond donors (Lipinski definition) is 0. The molecule has 0 bridgehead atoms. The van der Waals surface area contributed by atoms with Crippen LogP contribution in [0.1, 0.15) is 76.6 Å². The lowest BCUT2D eigenvalue weighted by molar-refractivity contribution is -0.149. The van der Waals surface area contributed by atoms with Gasteiger partial charge in [0, 0.05) is 18.0 Å². The first-order chi connectivity index (χ1) is 15.1. The Morgan fingerprint density at radius 2 is 1.88 bits per heavy atom. The maximum atomic E-state index is 12.6. The van der Waals surface area contributed by atoms with Crippen LogP contribution in [0.5, 0.6) is 0 Å². The van der Waals surface area contributed by atoms with Gasteiger partial charge in [-0.2, -0.15) is 0 Å². The molecule has 1 aliphatic heterocycles. The van der Waals surface area contributed by atoms with E-state index < -0.39 is 17.7 Å². The molecule has 1 aliphatic rings. The van der Waals surface area contributed by atoms with Gasteiger partial charge >= 0.3 is 5.97 Å². The summed E-state index contributed by atoms with van der Waals surface area (Å²) in [6.07, 6.45) is 11.2. The number of epoxide rings is 1. The molecule has 0 amide bonds. The normalized spacial score (nSPS) is 18.7. The predicted molar refractivity (Wildman–Crippen MR) is 123 cm³/mol. The van der Waals surface area contributed by atoms with Gasteiger partial charge in [0.2, 0.25) is 0 Å². The summed E-state index contributed by atoms with van der Waals surface area (Å²) in [6.45, 7) is 8.36. The Morgan fingerprint density at radius 1 is 1.19 bits per heavy atom. The fraction of sp³-hybridized carbons (Fsp3) is 0.538. The van der Waals surface area contributed by atoms with Crippen LogP contribution >= 0.6 is 0 Å². The van der Waals surface area contributed by atoms with E-state index in [1.807, 2.05) is 13.0 Å². The summed E-state index contributed by atoms with van der Waals surface area (Å²) in [4.78, 5) is 41.0. The summed E-state index contributed by atoms with van der Waals surface area (Å²) in [5, 5.41) is 0. The Hall–Kier alpha value is -2.60. The van der Waals surface area contributed by atoms with Crippen LogP contribution in [0.3, 0.4) is 0 Å². The van der Waals surface area contributed by atoms with Crippen molar-refractivity contribution in [1.29, 1.82) is 0 Å². The number of nitrogens with zero attached hydrogens (tertiary/aromatic N) is 1. The lowest BCUT2D eigenvalue weighted by Gasteiger charge is -2.12. The first-order valence-corrected chi connectivity index (χ1v) is 11.2. The van der Waals surface area contributed by atoms with Crippen molar-refractivity contribution in [3.63, 3.8) is 0 Å². The summed E-state index contributed by atoms with van der Waals surface area (Å²) in [5.41, 5.74) is 2.84. The summed E-state index contributed by atoms with van der Waals surface area (Å²) in [7, 11) is 1.25. The Labute approximate surface area is 191 Å². The molecule has 0 radical (unpaired) electrons. The molecule has 2 rings (SSSR count). The van der Waals surface area contributed by atoms with Crippen LogP contribution in [-0.4, -0.2) is 41.3 Å². The molecule has 1 aromatic rings. The van der Waals surface area contributed by atoms with E-state index in [1.165, 1.54) is 18.9 Å². The van der Waals surface area contributed by atoms with Crippen LogP contribution in [0, 0.1) is 5.92 Å². The number of pyridine rings is 1. The van der Waals surface area contributed by atoms with E-state index in [2.05, 4.69) is 31.8 Å². The van der Waals surface area contributed by atoms with Gasteiger partial charge in [0.05, 0.1) is 25.2 Å². The molecule has 0 N–H and O–H groups in total. The third-order valence-electron chi connectivity index (χ3n) is 5.89. The standard InChI is InChI=1S/C26H35NO5/c1-18(8-6-9-19(2)12-14-24-26(3,4)32-24)11-13-21(25(30)31-5)23(29)16-22(28)20-10-7-15-27-17-20/h7,9-11,15,17,21,24H,6,8,12-14,16H2,1-5H3/b18-11+,19-9+/t21?,24-/m0/s1. The quantitative estimate of drug-likeness (QED) is 0.140. The van der Waals surface area contributed by atoms with Crippen LogP contribution in [0.15, 0.2) is 47.8 Å². The molecule has 174 valence electrons. The molecule has 0 saturated carbocycles. The Kier molecular flexibility index (Phi) is 9.51. The number of hydrogen-bond acceptors (Lipinski definition) is 6. The minimum absolute atomic E-state index is 0.0375. The van der Waals surface area contributed by atoms with Crippen molar-refractivity contribution in [2.45, 2.75) is 77.9 Å². The molecule has 1 aromatic heterocycles. The second-order valence-corrected chi connectivity index (χ2v) is 9.01. The minimum atomic E-state index is -0.977. The number of aromatic nitrogens is 1. The number of ether oxygens (including phenoxy) is 2. The molecule has 6 heteroatoms. The highest BCUT2D eigenvalue weighted by atomic mass is 16.6. The number of methoxy groups -OCH3 is 1. The first kappa shape index (κ1) is 25.7. The highest BCUT2D eigenvalue weighted by Crippen LogP contribution is 2.38. The Balaban J connectivity index is 1.84. The van der Waals surface area contributed by atoms with Gasteiger partial charge in [-0.15, -0.1) is 0 Å². The van der Waals surface area contributed by atoms with E-state index >= 15 is 0 Å². The SMILES string of the molecule is COC(=O)C(C/C=C(\C)CC/C=C(\C)CC[C@@H]1OC1(C)C)C(=O)CC(=O)c1cccnc1. The third-order valence-corrected chi connectivity index (χ3v) is 5.89. The van der Waals surface area contributed by atoms with E-state index in [0.29, 0.717) is 11.7 Å². The zero-order valence-electron chi connectivity index (χ0n) is 19.8. The van der Waals surface area contributed by atoms with Crippen molar-refractivity contribution in [2.24, 2.45) is 5.92 Å². The van der Waals surface area contributed by atoms with Crippen LogP contribution in [0.4, 0.5) is 0 Å². The van der Waals surface area contributed by atoms with E-state index in [-0.39, 0.29) is 24.2 Å². The molecule has 2 atom stereocenters. The molecule has 0 aromatic carbocycles. The van der Waals surface area contributed by atoms with Crippen molar-refractivity contribution < 1.29 is 23.9 Å². The third kappa shape index (κ3) is 8.15. The summed E-state index contributed by atoms with van der Waals surface area (Å²) >= 11 is 0. The lowest BCUT2D eigenvalue weighted by Crippen LogP contribution is -2.27. The average Bonchev–Trinajstić information content (AvgIpc) is 3.39. The zero-order valence-corrected chi connectivity index (χ0v) is 19.8. The van der Waals surface area contributed by atoms with Crippen molar-refractivity contribution in [1.82, 2.24) is 4.98 Å². The average molecular weight is 442 g/mol. The summed E-state index contributed by atoms with van der Waals surface area (Å²) in [6, 6.07) is 3.24. The maximum Gasteiger partial charge on any atom is 0.316 e. The molecule has 2 heterocycles. The lowest BCUT2D eigenvalue weighted by atomic mass is 9.93. The summed E-state index contributed by atoms with van der Waals surface area (Å²) in [5.74, 6) is -2.37. The van der Waals surface area contributed by atoms with Crippen LogP contribution in [0.2, 0.25) is 0 Å². The van der Waals surface area contributed by atoms with Gasteiger partial charge in [0.25, 0.3) is 0 Å². The van der Waals surface area contributed by atoms with Gasteiger partial charge in [0.15, 0.2) is 11.6 Å². The molecule has 1 saturated heterocycles. The largest absolute Gasteiger partial charge is 0.468 e. The van der Waals surface area contributed by atoms with Crippen LogP contribution < -0.4 is 0 Å². The second-order valence-electron chi connectivity index (χ2n) is 9.01. The number of carbonyl (C=O) groups excluding carboxylic acids is 3. The van der Waals surface area contributed by atoms with E-state index in [9.17, 15) is 14.4 Å². The van der Waals surface area contributed by atoms with Crippen molar-refractivity contribution in [3.05, 3.63) is 53.4 Å².